The Morgan fingerprint density at radius 1 is 1.22 bits per heavy atom. The van der Waals surface area contributed by atoms with E-state index in [-0.39, 0.29) is 18.0 Å². The molecular weight excluding hydrogens is 224 g/mol. The van der Waals surface area contributed by atoms with Crippen LogP contribution in [0.3, 0.4) is 0 Å². The van der Waals surface area contributed by atoms with E-state index < -0.39 is 0 Å². The maximum absolute atomic E-state index is 11.2. The molecule has 0 fully saturated rings. The smallest absolute Gasteiger partial charge is 0.275 e. The molecule has 0 aliphatic heterocycles. The summed E-state index contributed by atoms with van der Waals surface area (Å²) in [5.41, 5.74) is 7.93. The Bertz CT molecular complexity index is 384. The normalized spacial score (nSPS) is 14.5. The van der Waals surface area contributed by atoms with Crippen molar-refractivity contribution in [3.8, 4) is 0 Å². The number of carbonyl (C=O) groups excluding carboxylic acids is 1. The maximum atomic E-state index is 11.2. The zero-order valence-electron chi connectivity index (χ0n) is 11.8. The van der Waals surface area contributed by atoms with Gasteiger partial charge in [-0.05, 0) is 18.9 Å². The first-order valence-corrected chi connectivity index (χ1v) is 6.68. The lowest BCUT2D eigenvalue weighted by atomic mass is 9.94. The van der Waals surface area contributed by atoms with Crippen LogP contribution in [0.2, 0.25) is 0 Å². The van der Waals surface area contributed by atoms with Gasteiger partial charge in [-0.1, -0.05) is 45.0 Å². The molecule has 18 heavy (non-hydrogen) atoms. The number of nitrogens with two attached hydrogens (primary N) is 2. The van der Waals surface area contributed by atoms with Crippen molar-refractivity contribution < 1.29 is 10.1 Å². The molecule has 0 saturated heterocycles. The van der Waals surface area contributed by atoms with Crippen molar-refractivity contribution >= 4 is 5.91 Å². The van der Waals surface area contributed by atoms with E-state index in [1.165, 1.54) is 11.1 Å². The van der Waals surface area contributed by atoms with Crippen molar-refractivity contribution in [2.45, 2.75) is 46.2 Å². The molecule has 0 aliphatic rings. The zero-order chi connectivity index (χ0) is 13.7. The molecule has 0 aliphatic carbocycles. The Labute approximate surface area is 110 Å². The van der Waals surface area contributed by atoms with Crippen LogP contribution in [0.5, 0.6) is 0 Å². The van der Waals surface area contributed by atoms with E-state index in [2.05, 4.69) is 50.4 Å². The van der Waals surface area contributed by atoms with Gasteiger partial charge in [0.15, 0.2) is 6.04 Å². The number of quaternary nitrogens is 1. The van der Waals surface area contributed by atoms with Crippen molar-refractivity contribution in [2.24, 2.45) is 11.7 Å². The second-order valence-corrected chi connectivity index (χ2v) is 5.25. The summed E-state index contributed by atoms with van der Waals surface area (Å²) in [6.07, 6.45) is 1.05. The van der Waals surface area contributed by atoms with Crippen molar-refractivity contribution in [2.75, 3.05) is 0 Å². The van der Waals surface area contributed by atoms with Crippen molar-refractivity contribution in [1.82, 2.24) is 0 Å². The highest BCUT2D eigenvalue weighted by molar-refractivity contribution is 5.77. The molecule has 1 rings (SSSR count). The van der Waals surface area contributed by atoms with E-state index in [0.717, 1.165) is 6.42 Å². The minimum Gasteiger partial charge on any atom is -0.365 e. The molecule has 0 bridgehead atoms. The van der Waals surface area contributed by atoms with Crippen molar-refractivity contribution in [1.29, 1.82) is 0 Å². The summed E-state index contributed by atoms with van der Waals surface area (Å²) in [6.45, 7) is 8.35. The van der Waals surface area contributed by atoms with Gasteiger partial charge in [0.2, 0.25) is 0 Å². The van der Waals surface area contributed by atoms with E-state index in [4.69, 9.17) is 5.73 Å². The number of benzene rings is 1. The predicted molar refractivity (Wildman–Crippen MR) is 74.0 cm³/mol. The average Bonchev–Trinajstić information content (AvgIpc) is 2.35. The van der Waals surface area contributed by atoms with Gasteiger partial charge in [0.25, 0.3) is 5.91 Å². The lowest BCUT2D eigenvalue weighted by Crippen LogP contribution is -2.93. The molecule has 0 spiro atoms. The molecule has 1 aromatic rings. The quantitative estimate of drug-likeness (QED) is 0.786. The van der Waals surface area contributed by atoms with Crippen molar-refractivity contribution in [3.63, 3.8) is 0 Å². The van der Waals surface area contributed by atoms with Crippen LogP contribution in [-0.2, 0) is 11.2 Å². The van der Waals surface area contributed by atoms with Gasteiger partial charge < -0.3 is 11.1 Å². The van der Waals surface area contributed by atoms with Gasteiger partial charge in [-0.15, -0.1) is 0 Å². The summed E-state index contributed by atoms with van der Waals surface area (Å²) in [7, 11) is 0. The number of carbonyl (C=O) groups is 1. The van der Waals surface area contributed by atoms with E-state index in [1.54, 1.807) is 0 Å². The minimum absolute atomic E-state index is 0.191. The molecular formula is C15H25N2O+. The summed E-state index contributed by atoms with van der Waals surface area (Å²) in [5, 5.41) is 2.06. The molecule has 0 aromatic heterocycles. The van der Waals surface area contributed by atoms with Gasteiger partial charge in [-0.25, -0.2) is 0 Å². The molecule has 1 aromatic carbocycles. The summed E-state index contributed by atoms with van der Waals surface area (Å²) in [4.78, 5) is 11.2. The second kappa shape index (κ2) is 6.55. The number of rotatable bonds is 6. The van der Waals surface area contributed by atoms with Crippen LogP contribution in [0, 0.1) is 5.92 Å². The lowest BCUT2D eigenvalue weighted by molar-refractivity contribution is -0.719. The van der Waals surface area contributed by atoms with Crippen molar-refractivity contribution in [3.05, 3.63) is 35.4 Å². The maximum Gasteiger partial charge on any atom is 0.275 e. The summed E-state index contributed by atoms with van der Waals surface area (Å²) in [6, 6.07) is 8.73. The van der Waals surface area contributed by atoms with E-state index >= 15 is 0 Å². The second-order valence-electron chi connectivity index (χ2n) is 5.25. The molecule has 0 saturated carbocycles. The monoisotopic (exact) mass is 249 g/mol. The molecule has 0 radical (unpaired) electrons. The van der Waals surface area contributed by atoms with Crippen LogP contribution >= 0.6 is 0 Å². The lowest BCUT2D eigenvalue weighted by Gasteiger charge is -2.22. The summed E-state index contributed by atoms with van der Waals surface area (Å²) < 4.78 is 0. The molecule has 0 unspecified atom stereocenters. The molecule has 4 N–H and O–H groups in total. The van der Waals surface area contributed by atoms with Gasteiger partial charge >= 0.3 is 0 Å². The van der Waals surface area contributed by atoms with Gasteiger partial charge in [0.1, 0.15) is 6.04 Å². The highest BCUT2D eigenvalue weighted by Gasteiger charge is 2.24. The number of amides is 1. The molecule has 3 heteroatoms. The van der Waals surface area contributed by atoms with Crippen LogP contribution in [0.1, 0.15) is 44.9 Å². The van der Waals surface area contributed by atoms with Gasteiger partial charge in [0, 0.05) is 11.5 Å². The average molecular weight is 249 g/mol. The first kappa shape index (κ1) is 14.7. The number of aryl methyl sites for hydroxylation is 1. The number of hydrogen-bond acceptors (Lipinski definition) is 1. The first-order valence-electron chi connectivity index (χ1n) is 6.68. The molecule has 100 valence electrons. The van der Waals surface area contributed by atoms with Crippen LogP contribution in [0.4, 0.5) is 0 Å². The standard InChI is InChI=1S/C15H24N2O/c1-5-12-6-8-13(9-7-12)14(10(2)3)17-11(4)15(16)18/h6-11,14,17H,5H2,1-4H3,(H2,16,18)/p+1/t11-,14+/m0/s1. The minimum atomic E-state index is -0.258. The fourth-order valence-corrected chi connectivity index (χ4v) is 2.10. The van der Waals surface area contributed by atoms with Gasteiger partial charge in [-0.3, -0.25) is 4.79 Å². The predicted octanol–water partition coefficient (Wildman–Crippen LogP) is 1.38. The Kier molecular flexibility index (Phi) is 5.35. The third-order valence-corrected chi connectivity index (χ3v) is 3.44. The fraction of sp³-hybridized carbons (Fsp3) is 0.533. The fourth-order valence-electron chi connectivity index (χ4n) is 2.10. The van der Waals surface area contributed by atoms with Crippen LogP contribution in [-0.4, -0.2) is 11.9 Å². The van der Waals surface area contributed by atoms with E-state index in [9.17, 15) is 4.79 Å². The Balaban J connectivity index is 2.86. The Morgan fingerprint density at radius 3 is 2.17 bits per heavy atom. The third-order valence-electron chi connectivity index (χ3n) is 3.44. The van der Waals surface area contributed by atoms with Gasteiger partial charge in [-0.2, -0.15) is 0 Å². The summed E-state index contributed by atoms with van der Waals surface area (Å²) >= 11 is 0. The van der Waals surface area contributed by atoms with Crippen LogP contribution in [0.25, 0.3) is 0 Å². The number of primary amides is 1. The molecule has 3 nitrogen and oxygen atoms in total. The summed E-state index contributed by atoms with van der Waals surface area (Å²) in [5.74, 6) is 0.199. The number of hydrogen-bond donors (Lipinski definition) is 2. The largest absolute Gasteiger partial charge is 0.365 e. The highest BCUT2D eigenvalue weighted by atomic mass is 16.1. The molecule has 2 atom stereocenters. The van der Waals surface area contributed by atoms with Crippen LogP contribution < -0.4 is 11.1 Å². The Hall–Kier alpha value is -1.35. The zero-order valence-corrected chi connectivity index (χ0v) is 11.8. The molecule has 0 heterocycles. The SMILES string of the molecule is CCc1ccc([C@H]([NH2+][C@@H](C)C(N)=O)C(C)C)cc1. The highest BCUT2D eigenvalue weighted by Crippen LogP contribution is 2.18. The van der Waals surface area contributed by atoms with E-state index in [1.807, 2.05) is 6.92 Å². The third kappa shape index (κ3) is 3.84. The molecule has 1 amide bonds. The van der Waals surface area contributed by atoms with Crippen LogP contribution in [0.15, 0.2) is 24.3 Å². The first-order chi connectivity index (χ1) is 8.45. The Morgan fingerprint density at radius 2 is 1.78 bits per heavy atom. The van der Waals surface area contributed by atoms with E-state index in [0.29, 0.717) is 5.92 Å². The topological polar surface area (TPSA) is 59.7 Å². The van der Waals surface area contributed by atoms with Gasteiger partial charge in [0.05, 0.1) is 0 Å².